The molecule has 1 heterocycles. The van der Waals surface area contributed by atoms with Crippen LogP contribution in [0.4, 0.5) is 0 Å². The molecule has 66 valence electrons. The fraction of sp³-hybridized carbons (Fsp3) is 1.00. The predicted octanol–water partition coefficient (Wildman–Crippen LogP) is 1.91. The van der Waals surface area contributed by atoms with Crippen molar-refractivity contribution in [2.24, 2.45) is 5.92 Å². The van der Waals surface area contributed by atoms with E-state index in [2.05, 4.69) is 17.1 Å². The fourth-order valence-electron chi connectivity index (χ4n) is 1.73. The Bertz CT molecular complexity index is 111. The van der Waals surface area contributed by atoms with E-state index < -0.39 is 0 Å². The number of hydrogen-bond acceptors (Lipinski definition) is 2. The van der Waals surface area contributed by atoms with Gasteiger partial charge in [-0.25, -0.2) is 0 Å². The van der Waals surface area contributed by atoms with Gasteiger partial charge in [-0.05, 0) is 18.8 Å². The molecule has 2 rings (SSSR count). The van der Waals surface area contributed by atoms with E-state index in [1.807, 2.05) is 0 Å². The summed E-state index contributed by atoms with van der Waals surface area (Å²) in [7, 11) is 0. The Morgan fingerprint density at radius 2 is 2.09 bits per heavy atom. The summed E-state index contributed by atoms with van der Waals surface area (Å²) in [5, 5.41) is 3.60. The van der Waals surface area contributed by atoms with Crippen molar-refractivity contribution >= 4 is 24.2 Å². The molecule has 0 aromatic rings. The van der Waals surface area contributed by atoms with Gasteiger partial charge in [0.2, 0.25) is 0 Å². The van der Waals surface area contributed by atoms with Gasteiger partial charge in [-0.3, -0.25) is 0 Å². The van der Waals surface area contributed by atoms with E-state index in [1.54, 1.807) is 0 Å². The molecule has 0 radical (unpaired) electrons. The minimum absolute atomic E-state index is 0. The van der Waals surface area contributed by atoms with Crippen LogP contribution < -0.4 is 5.32 Å². The van der Waals surface area contributed by atoms with E-state index in [1.165, 1.54) is 37.3 Å². The molecule has 1 atom stereocenters. The maximum atomic E-state index is 3.60. The van der Waals surface area contributed by atoms with E-state index in [9.17, 15) is 0 Å². The van der Waals surface area contributed by atoms with Crippen LogP contribution in [-0.4, -0.2) is 24.1 Å². The Labute approximate surface area is 79.1 Å². The average molecular weight is 194 g/mol. The lowest BCUT2D eigenvalue weighted by Gasteiger charge is -2.36. The SMILES string of the molecule is C1CC(C2CSCCN2)C1.Cl. The van der Waals surface area contributed by atoms with Crippen LogP contribution in [0.25, 0.3) is 0 Å². The molecule has 3 heteroatoms. The first-order valence-electron chi connectivity index (χ1n) is 4.28. The van der Waals surface area contributed by atoms with E-state index >= 15 is 0 Å². The van der Waals surface area contributed by atoms with Crippen molar-refractivity contribution in [3.63, 3.8) is 0 Å². The van der Waals surface area contributed by atoms with Crippen LogP contribution in [-0.2, 0) is 0 Å². The second-order valence-corrected chi connectivity index (χ2v) is 4.48. The van der Waals surface area contributed by atoms with E-state index in [0.717, 1.165) is 12.0 Å². The summed E-state index contributed by atoms with van der Waals surface area (Å²) in [5.74, 6) is 3.72. The number of nitrogens with one attached hydrogen (secondary N) is 1. The van der Waals surface area contributed by atoms with Crippen LogP contribution in [0.1, 0.15) is 19.3 Å². The fourth-order valence-corrected chi connectivity index (χ4v) is 2.80. The second-order valence-electron chi connectivity index (χ2n) is 3.33. The number of hydrogen-bond donors (Lipinski definition) is 1. The molecule has 0 aromatic heterocycles. The molecule has 0 spiro atoms. The lowest BCUT2D eigenvalue weighted by atomic mass is 9.80. The largest absolute Gasteiger partial charge is 0.312 e. The van der Waals surface area contributed by atoms with Gasteiger partial charge in [0, 0.05) is 24.1 Å². The van der Waals surface area contributed by atoms with Crippen molar-refractivity contribution in [1.82, 2.24) is 5.32 Å². The molecular weight excluding hydrogens is 178 g/mol. The Hall–Kier alpha value is 0.600. The number of halogens is 1. The van der Waals surface area contributed by atoms with E-state index in [-0.39, 0.29) is 12.4 Å². The van der Waals surface area contributed by atoms with Crippen LogP contribution in [0, 0.1) is 5.92 Å². The minimum Gasteiger partial charge on any atom is -0.312 e. The predicted molar refractivity (Wildman–Crippen MR) is 53.7 cm³/mol. The summed E-state index contributed by atoms with van der Waals surface area (Å²) in [6.45, 7) is 1.24. The molecule has 1 saturated heterocycles. The first kappa shape index (κ1) is 9.69. The maximum Gasteiger partial charge on any atom is 0.0186 e. The molecule has 1 aliphatic carbocycles. The molecule has 1 aliphatic heterocycles. The quantitative estimate of drug-likeness (QED) is 0.683. The Kier molecular flexibility index (Phi) is 4.04. The van der Waals surface area contributed by atoms with Crippen molar-refractivity contribution < 1.29 is 0 Å². The second kappa shape index (κ2) is 4.58. The topological polar surface area (TPSA) is 12.0 Å². The van der Waals surface area contributed by atoms with Gasteiger partial charge in [0.15, 0.2) is 0 Å². The molecule has 0 aromatic carbocycles. The standard InChI is InChI=1S/C8H15NS.ClH/c1-2-7(3-1)8-6-10-5-4-9-8;/h7-9H,1-6H2;1H. The summed E-state index contributed by atoms with van der Waals surface area (Å²) in [5.41, 5.74) is 0. The van der Waals surface area contributed by atoms with Crippen molar-refractivity contribution in [3.05, 3.63) is 0 Å². The molecule has 1 unspecified atom stereocenters. The van der Waals surface area contributed by atoms with Gasteiger partial charge >= 0.3 is 0 Å². The molecule has 1 N–H and O–H groups in total. The van der Waals surface area contributed by atoms with Crippen molar-refractivity contribution in [2.45, 2.75) is 25.3 Å². The van der Waals surface area contributed by atoms with Crippen molar-refractivity contribution in [2.75, 3.05) is 18.1 Å². The maximum absolute atomic E-state index is 3.60. The third-order valence-electron chi connectivity index (χ3n) is 2.67. The van der Waals surface area contributed by atoms with Crippen molar-refractivity contribution in [1.29, 1.82) is 0 Å². The minimum atomic E-state index is 0. The van der Waals surface area contributed by atoms with Crippen LogP contribution in [0.15, 0.2) is 0 Å². The Morgan fingerprint density at radius 1 is 1.27 bits per heavy atom. The Morgan fingerprint density at radius 3 is 2.55 bits per heavy atom. The smallest absolute Gasteiger partial charge is 0.0186 e. The van der Waals surface area contributed by atoms with Crippen LogP contribution in [0.2, 0.25) is 0 Å². The molecule has 1 saturated carbocycles. The van der Waals surface area contributed by atoms with Crippen LogP contribution in [0.5, 0.6) is 0 Å². The monoisotopic (exact) mass is 193 g/mol. The van der Waals surface area contributed by atoms with Gasteiger partial charge in [-0.2, -0.15) is 11.8 Å². The summed E-state index contributed by atoms with van der Waals surface area (Å²) in [4.78, 5) is 0. The summed E-state index contributed by atoms with van der Waals surface area (Å²) in [6, 6.07) is 0.868. The summed E-state index contributed by atoms with van der Waals surface area (Å²) in [6.07, 6.45) is 4.45. The van der Waals surface area contributed by atoms with Gasteiger partial charge in [-0.15, -0.1) is 12.4 Å². The van der Waals surface area contributed by atoms with Gasteiger partial charge in [-0.1, -0.05) is 6.42 Å². The van der Waals surface area contributed by atoms with Crippen molar-refractivity contribution in [3.8, 4) is 0 Å². The van der Waals surface area contributed by atoms with Gasteiger partial charge < -0.3 is 5.32 Å². The molecule has 1 nitrogen and oxygen atoms in total. The summed E-state index contributed by atoms with van der Waals surface area (Å²) < 4.78 is 0. The molecule has 2 aliphatic rings. The highest BCUT2D eigenvalue weighted by atomic mass is 35.5. The van der Waals surface area contributed by atoms with Crippen LogP contribution >= 0.6 is 24.2 Å². The average Bonchev–Trinajstić information content (AvgIpc) is 1.86. The lowest BCUT2D eigenvalue weighted by molar-refractivity contribution is 0.244. The zero-order valence-electron chi connectivity index (χ0n) is 6.71. The molecule has 2 fully saturated rings. The van der Waals surface area contributed by atoms with Gasteiger partial charge in [0.1, 0.15) is 0 Å². The normalized spacial score (nSPS) is 32.2. The lowest BCUT2D eigenvalue weighted by Crippen LogP contribution is -2.45. The van der Waals surface area contributed by atoms with Crippen LogP contribution in [0.3, 0.4) is 0 Å². The zero-order valence-corrected chi connectivity index (χ0v) is 8.35. The third-order valence-corrected chi connectivity index (χ3v) is 3.76. The number of thioether (sulfide) groups is 1. The number of rotatable bonds is 1. The zero-order chi connectivity index (χ0) is 6.81. The third kappa shape index (κ3) is 2.27. The molecule has 11 heavy (non-hydrogen) atoms. The van der Waals surface area contributed by atoms with Gasteiger partial charge in [0.25, 0.3) is 0 Å². The first-order chi connectivity index (χ1) is 4.97. The highest BCUT2D eigenvalue weighted by Gasteiger charge is 2.27. The Balaban J connectivity index is 0.000000605. The molecular formula is C8H16ClNS. The first-order valence-corrected chi connectivity index (χ1v) is 5.43. The van der Waals surface area contributed by atoms with E-state index in [0.29, 0.717) is 0 Å². The highest BCUT2D eigenvalue weighted by Crippen LogP contribution is 2.31. The van der Waals surface area contributed by atoms with Gasteiger partial charge in [0.05, 0.1) is 0 Å². The molecule has 0 amide bonds. The highest BCUT2D eigenvalue weighted by molar-refractivity contribution is 7.99. The van der Waals surface area contributed by atoms with E-state index in [4.69, 9.17) is 0 Å². The molecule has 0 bridgehead atoms. The summed E-state index contributed by atoms with van der Waals surface area (Å²) >= 11 is 2.12.